The van der Waals surface area contributed by atoms with Gasteiger partial charge in [-0.15, -0.1) is 0 Å². The van der Waals surface area contributed by atoms with Gasteiger partial charge in [-0.1, -0.05) is 12.1 Å². The molecule has 0 fully saturated rings. The molecule has 3 nitrogen and oxygen atoms in total. The van der Waals surface area contributed by atoms with E-state index in [0.717, 1.165) is 12.1 Å². The highest BCUT2D eigenvalue weighted by Crippen LogP contribution is 2.29. The van der Waals surface area contributed by atoms with Crippen molar-refractivity contribution < 1.29 is 13.2 Å². The van der Waals surface area contributed by atoms with Crippen molar-refractivity contribution in [3.63, 3.8) is 0 Å². The molecule has 1 aromatic rings. The van der Waals surface area contributed by atoms with E-state index < -0.39 is 11.7 Å². The van der Waals surface area contributed by atoms with Crippen molar-refractivity contribution in [1.82, 2.24) is 5.43 Å². The third kappa shape index (κ3) is 3.59. The average molecular weight is 217 g/mol. The van der Waals surface area contributed by atoms with Gasteiger partial charge in [0.1, 0.15) is 0 Å². The number of halogens is 3. The zero-order valence-electron chi connectivity index (χ0n) is 7.75. The number of rotatable bonds is 3. The number of hydrogen-bond acceptors (Lipinski definition) is 3. The van der Waals surface area contributed by atoms with Crippen molar-refractivity contribution in [2.75, 3.05) is 6.67 Å². The van der Waals surface area contributed by atoms with Gasteiger partial charge in [0.2, 0.25) is 0 Å². The maximum atomic E-state index is 12.3. The minimum atomic E-state index is -4.33. The summed E-state index contributed by atoms with van der Waals surface area (Å²) in [6, 6.07) is 4.87. The molecule has 1 aromatic carbocycles. The molecule has 0 aliphatic heterocycles. The molecule has 0 saturated carbocycles. The maximum Gasteiger partial charge on any atom is 0.416 e. The summed E-state index contributed by atoms with van der Waals surface area (Å²) < 4.78 is 36.8. The van der Waals surface area contributed by atoms with Gasteiger partial charge in [-0.2, -0.15) is 18.3 Å². The Hall–Kier alpha value is -1.56. The van der Waals surface area contributed by atoms with Crippen molar-refractivity contribution in [2.24, 2.45) is 10.8 Å². The number of hydrogen-bond donors (Lipinski definition) is 2. The molecule has 6 heteroatoms. The van der Waals surface area contributed by atoms with Crippen molar-refractivity contribution in [1.29, 1.82) is 0 Å². The van der Waals surface area contributed by atoms with E-state index in [1.807, 2.05) is 0 Å². The van der Waals surface area contributed by atoms with Crippen molar-refractivity contribution in [3.05, 3.63) is 35.4 Å². The molecule has 82 valence electrons. The summed E-state index contributed by atoms with van der Waals surface area (Å²) in [5, 5.41) is 3.62. The van der Waals surface area contributed by atoms with Gasteiger partial charge >= 0.3 is 6.18 Å². The summed E-state index contributed by atoms with van der Waals surface area (Å²) in [5.74, 6) is 0. The highest BCUT2D eigenvalue weighted by atomic mass is 19.4. The molecule has 0 spiro atoms. The predicted molar refractivity (Wildman–Crippen MR) is 51.2 cm³/mol. The average Bonchev–Trinajstić information content (AvgIpc) is 2.17. The van der Waals surface area contributed by atoms with E-state index in [-0.39, 0.29) is 6.67 Å². The van der Waals surface area contributed by atoms with Gasteiger partial charge in [0.05, 0.1) is 18.4 Å². The molecule has 0 bridgehead atoms. The van der Waals surface area contributed by atoms with Crippen LogP contribution in [0.4, 0.5) is 13.2 Å². The summed E-state index contributed by atoms with van der Waals surface area (Å²) in [4.78, 5) is 0. The number of nitrogens with two attached hydrogens (primary N) is 1. The Morgan fingerprint density at radius 2 is 2.13 bits per heavy atom. The molecule has 0 aliphatic carbocycles. The fraction of sp³-hybridized carbons (Fsp3) is 0.222. The minimum Gasteiger partial charge on any atom is -0.313 e. The smallest absolute Gasteiger partial charge is 0.313 e. The van der Waals surface area contributed by atoms with E-state index in [4.69, 9.17) is 5.73 Å². The molecular formula is C9H10F3N3. The van der Waals surface area contributed by atoms with Gasteiger partial charge in [-0.05, 0) is 17.7 Å². The quantitative estimate of drug-likeness (QED) is 0.458. The number of benzene rings is 1. The Kier molecular flexibility index (Phi) is 3.68. The Bertz CT molecular complexity index is 347. The van der Waals surface area contributed by atoms with Crippen LogP contribution < -0.4 is 11.2 Å². The number of nitrogens with zero attached hydrogens (tertiary/aromatic N) is 1. The molecule has 0 amide bonds. The van der Waals surface area contributed by atoms with E-state index in [1.54, 1.807) is 0 Å². The Balaban J connectivity index is 2.84. The lowest BCUT2D eigenvalue weighted by molar-refractivity contribution is -0.137. The van der Waals surface area contributed by atoms with Gasteiger partial charge in [0.25, 0.3) is 0 Å². The first kappa shape index (κ1) is 11.5. The normalized spacial score (nSPS) is 12.0. The van der Waals surface area contributed by atoms with Crippen LogP contribution in [0.25, 0.3) is 0 Å². The molecule has 1 rings (SSSR count). The summed E-state index contributed by atoms with van der Waals surface area (Å²) in [5.41, 5.74) is 7.18. The zero-order valence-corrected chi connectivity index (χ0v) is 7.75. The fourth-order valence-corrected chi connectivity index (χ4v) is 0.968. The SMILES string of the molecule is NCN/N=C/c1cccc(C(F)(F)F)c1. The summed E-state index contributed by atoms with van der Waals surface area (Å²) >= 11 is 0. The second-order valence-electron chi connectivity index (χ2n) is 2.74. The Morgan fingerprint density at radius 1 is 1.40 bits per heavy atom. The lowest BCUT2D eigenvalue weighted by Gasteiger charge is -2.06. The van der Waals surface area contributed by atoms with Gasteiger partial charge in [0, 0.05) is 0 Å². The summed E-state index contributed by atoms with van der Waals surface area (Å²) in [6.45, 7) is 0.134. The summed E-state index contributed by atoms with van der Waals surface area (Å²) in [7, 11) is 0. The molecule has 15 heavy (non-hydrogen) atoms. The van der Waals surface area contributed by atoms with Crippen LogP contribution in [0.3, 0.4) is 0 Å². The molecule has 0 radical (unpaired) electrons. The first-order valence-corrected chi connectivity index (χ1v) is 4.17. The standard InChI is InChI=1S/C9H10F3N3/c10-9(11,12)8-3-1-2-7(4-8)5-14-15-6-13/h1-5,15H,6,13H2/b14-5+. The molecular weight excluding hydrogens is 207 g/mol. The van der Waals surface area contributed by atoms with E-state index in [0.29, 0.717) is 5.56 Å². The van der Waals surface area contributed by atoms with Gasteiger partial charge in [-0.25, -0.2) is 0 Å². The van der Waals surface area contributed by atoms with E-state index in [1.165, 1.54) is 18.3 Å². The first-order chi connectivity index (χ1) is 7.04. The van der Waals surface area contributed by atoms with Crippen LogP contribution in [0.2, 0.25) is 0 Å². The Morgan fingerprint density at radius 3 is 2.73 bits per heavy atom. The Labute approximate surface area is 84.8 Å². The van der Waals surface area contributed by atoms with Gasteiger partial charge < -0.3 is 5.73 Å². The molecule has 0 aliphatic rings. The monoisotopic (exact) mass is 217 g/mol. The largest absolute Gasteiger partial charge is 0.416 e. The van der Waals surface area contributed by atoms with E-state index in [9.17, 15) is 13.2 Å². The highest BCUT2D eigenvalue weighted by molar-refractivity contribution is 5.79. The molecule has 0 heterocycles. The van der Waals surface area contributed by atoms with Gasteiger partial charge in [-0.3, -0.25) is 5.43 Å². The van der Waals surface area contributed by atoms with Crippen LogP contribution >= 0.6 is 0 Å². The second kappa shape index (κ2) is 4.79. The molecule has 0 saturated heterocycles. The van der Waals surface area contributed by atoms with Crippen molar-refractivity contribution in [3.8, 4) is 0 Å². The van der Waals surface area contributed by atoms with E-state index >= 15 is 0 Å². The minimum absolute atomic E-state index is 0.134. The topological polar surface area (TPSA) is 50.4 Å². The first-order valence-electron chi connectivity index (χ1n) is 4.17. The maximum absolute atomic E-state index is 12.3. The van der Waals surface area contributed by atoms with E-state index in [2.05, 4.69) is 10.5 Å². The second-order valence-corrected chi connectivity index (χ2v) is 2.74. The molecule has 3 N–H and O–H groups in total. The number of hydrazone groups is 1. The number of alkyl halides is 3. The van der Waals surface area contributed by atoms with Crippen LogP contribution in [0.5, 0.6) is 0 Å². The van der Waals surface area contributed by atoms with Crippen molar-refractivity contribution >= 4 is 6.21 Å². The van der Waals surface area contributed by atoms with Crippen LogP contribution in [0.15, 0.2) is 29.4 Å². The molecule has 0 unspecified atom stereocenters. The fourth-order valence-electron chi connectivity index (χ4n) is 0.968. The van der Waals surface area contributed by atoms with Crippen LogP contribution in [0.1, 0.15) is 11.1 Å². The lowest BCUT2D eigenvalue weighted by Crippen LogP contribution is -2.16. The molecule has 0 aromatic heterocycles. The molecule has 0 atom stereocenters. The van der Waals surface area contributed by atoms with Crippen LogP contribution in [-0.2, 0) is 6.18 Å². The summed E-state index contributed by atoms with van der Waals surface area (Å²) in [6.07, 6.45) is -3.05. The predicted octanol–water partition coefficient (Wildman–Crippen LogP) is 1.55. The third-order valence-corrected chi connectivity index (χ3v) is 1.61. The van der Waals surface area contributed by atoms with Crippen LogP contribution in [0, 0.1) is 0 Å². The van der Waals surface area contributed by atoms with Gasteiger partial charge in [0.15, 0.2) is 0 Å². The third-order valence-electron chi connectivity index (χ3n) is 1.61. The lowest BCUT2D eigenvalue weighted by atomic mass is 10.1. The van der Waals surface area contributed by atoms with Crippen LogP contribution in [-0.4, -0.2) is 12.9 Å². The van der Waals surface area contributed by atoms with Crippen molar-refractivity contribution in [2.45, 2.75) is 6.18 Å². The number of nitrogens with one attached hydrogen (secondary N) is 1. The highest BCUT2D eigenvalue weighted by Gasteiger charge is 2.30. The zero-order chi connectivity index (χ0) is 11.3.